The Morgan fingerprint density at radius 2 is 1.93 bits per heavy atom. The van der Waals surface area contributed by atoms with E-state index in [1.807, 2.05) is 48.5 Å². The van der Waals surface area contributed by atoms with Gasteiger partial charge in [0.25, 0.3) is 5.91 Å². The van der Waals surface area contributed by atoms with Crippen LogP contribution in [-0.2, 0) is 9.59 Å². The minimum atomic E-state index is -0.550. The van der Waals surface area contributed by atoms with Crippen molar-refractivity contribution >= 4 is 17.5 Å². The fraction of sp³-hybridized carbons (Fsp3) is 0.391. The molecule has 0 saturated heterocycles. The maximum atomic E-state index is 12.7. The lowest BCUT2D eigenvalue weighted by atomic mass is 10.0. The van der Waals surface area contributed by atoms with Crippen LogP contribution in [0.5, 0.6) is 11.5 Å². The number of para-hydroxylation sites is 2. The Kier molecular flexibility index (Phi) is 5.43. The SMILES string of the molecule is COc1ccc(C(NC(=O)CCN2C(=O)C(C)Oc3ccccc32)C2CC2)cc1. The summed E-state index contributed by atoms with van der Waals surface area (Å²) >= 11 is 0. The summed E-state index contributed by atoms with van der Waals surface area (Å²) in [5, 5.41) is 3.17. The van der Waals surface area contributed by atoms with Crippen LogP contribution >= 0.6 is 0 Å². The third kappa shape index (κ3) is 4.21. The van der Waals surface area contributed by atoms with Crippen LogP contribution in [0.1, 0.15) is 37.8 Å². The molecule has 1 fully saturated rings. The highest BCUT2D eigenvalue weighted by molar-refractivity contribution is 6.00. The van der Waals surface area contributed by atoms with Gasteiger partial charge < -0.3 is 19.7 Å². The quantitative estimate of drug-likeness (QED) is 0.781. The lowest BCUT2D eigenvalue weighted by molar-refractivity contribution is -0.125. The molecule has 6 heteroatoms. The number of carbonyl (C=O) groups excluding carboxylic acids is 2. The van der Waals surface area contributed by atoms with E-state index in [-0.39, 0.29) is 24.3 Å². The number of rotatable bonds is 7. The molecule has 2 aromatic carbocycles. The predicted molar refractivity (Wildman–Crippen MR) is 110 cm³/mol. The number of ether oxygens (including phenoxy) is 2. The zero-order valence-corrected chi connectivity index (χ0v) is 16.8. The summed E-state index contributed by atoms with van der Waals surface area (Å²) in [4.78, 5) is 27.0. The fourth-order valence-corrected chi connectivity index (χ4v) is 3.76. The third-order valence-electron chi connectivity index (χ3n) is 5.52. The van der Waals surface area contributed by atoms with Crippen molar-refractivity contribution < 1.29 is 19.1 Å². The van der Waals surface area contributed by atoms with Crippen molar-refractivity contribution in [3.05, 3.63) is 54.1 Å². The number of amides is 2. The first kappa shape index (κ1) is 19.3. The van der Waals surface area contributed by atoms with Gasteiger partial charge >= 0.3 is 0 Å². The van der Waals surface area contributed by atoms with Crippen molar-refractivity contribution in [3.8, 4) is 11.5 Å². The predicted octanol–water partition coefficient (Wildman–Crippen LogP) is 3.47. The lowest BCUT2D eigenvalue weighted by Crippen LogP contribution is -2.46. The number of carbonyl (C=O) groups is 2. The molecule has 1 heterocycles. The second-order valence-electron chi connectivity index (χ2n) is 7.62. The molecule has 1 saturated carbocycles. The van der Waals surface area contributed by atoms with E-state index >= 15 is 0 Å². The average Bonchev–Trinajstić information content (AvgIpc) is 3.58. The maximum absolute atomic E-state index is 12.7. The van der Waals surface area contributed by atoms with Gasteiger partial charge in [0.05, 0.1) is 18.8 Å². The summed E-state index contributed by atoms with van der Waals surface area (Å²) in [6.45, 7) is 2.06. The van der Waals surface area contributed by atoms with E-state index in [2.05, 4.69) is 5.32 Å². The van der Waals surface area contributed by atoms with Crippen LogP contribution in [0.2, 0.25) is 0 Å². The monoisotopic (exact) mass is 394 g/mol. The fourth-order valence-electron chi connectivity index (χ4n) is 3.76. The normalized spacial score (nSPS) is 19.2. The molecule has 0 spiro atoms. The first-order valence-electron chi connectivity index (χ1n) is 10.1. The second kappa shape index (κ2) is 8.15. The molecular weight excluding hydrogens is 368 g/mol. The molecule has 1 aliphatic carbocycles. The Morgan fingerprint density at radius 3 is 2.62 bits per heavy atom. The zero-order valence-electron chi connectivity index (χ0n) is 16.8. The van der Waals surface area contributed by atoms with E-state index in [9.17, 15) is 9.59 Å². The van der Waals surface area contributed by atoms with Crippen LogP contribution in [0.25, 0.3) is 0 Å². The molecular formula is C23H26N2O4. The van der Waals surface area contributed by atoms with E-state index < -0.39 is 6.10 Å². The van der Waals surface area contributed by atoms with E-state index in [0.29, 0.717) is 18.2 Å². The van der Waals surface area contributed by atoms with Crippen LogP contribution in [-0.4, -0.2) is 31.6 Å². The lowest BCUT2D eigenvalue weighted by Gasteiger charge is -2.33. The van der Waals surface area contributed by atoms with E-state index in [1.54, 1.807) is 18.9 Å². The molecule has 4 rings (SSSR count). The molecule has 0 radical (unpaired) electrons. The highest BCUT2D eigenvalue weighted by Crippen LogP contribution is 2.41. The van der Waals surface area contributed by atoms with Gasteiger partial charge in [0, 0.05) is 13.0 Å². The van der Waals surface area contributed by atoms with Gasteiger partial charge in [0.2, 0.25) is 5.91 Å². The van der Waals surface area contributed by atoms with Crippen LogP contribution in [0.4, 0.5) is 5.69 Å². The van der Waals surface area contributed by atoms with Gasteiger partial charge in [-0.1, -0.05) is 24.3 Å². The second-order valence-corrected chi connectivity index (χ2v) is 7.62. The third-order valence-corrected chi connectivity index (χ3v) is 5.52. The van der Waals surface area contributed by atoms with Crippen molar-refractivity contribution in [2.45, 2.75) is 38.3 Å². The summed E-state index contributed by atoms with van der Waals surface area (Å²) in [5.74, 6) is 1.77. The molecule has 152 valence electrons. The first-order chi connectivity index (χ1) is 14.1. The van der Waals surface area contributed by atoms with Gasteiger partial charge in [-0.15, -0.1) is 0 Å². The number of methoxy groups -OCH3 is 1. The van der Waals surface area contributed by atoms with Crippen molar-refractivity contribution in [1.82, 2.24) is 5.32 Å². The van der Waals surface area contributed by atoms with Gasteiger partial charge in [-0.3, -0.25) is 9.59 Å². The first-order valence-corrected chi connectivity index (χ1v) is 10.1. The number of benzene rings is 2. The van der Waals surface area contributed by atoms with Crippen LogP contribution in [0.3, 0.4) is 0 Å². The van der Waals surface area contributed by atoms with Gasteiger partial charge in [-0.05, 0) is 55.5 Å². The van der Waals surface area contributed by atoms with E-state index in [0.717, 1.165) is 29.8 Å². The molecule has 6 nitrogen and oxygen atoms in total. The standard InChI is InChI=1S/C23H26N2O4/c1-15-23(27)25(19-5-3-4-6-20(19)29-15)14-13-21(26)24-22(16-7-8-16)17-9-11-18(28-2)12-10-17/h3-6,9-12,15-16,22H,7-8,13-14H2,1-2H3,(H,24,26). The maximum Gasteiger partial charge on any atom is 0.267 e. The minimum Gasteiger partial charge on any atom is -0.497 e. The topological polar surface area (TPSA) is 67.9 Å². The zero-order chi connectivity index (χ0) is 20.4. The highest BCUT2D eigenvalue weighted by Gasteiger charge is 2.34. The number of hydrogen-bond acceptors (Lipinski definition) is 4. The molecule has 2 aliphatic rings. The van der Waals surface area contributed by atoms with Crippen molar-refractivity contribution in [1.29, 1.82) is 0 Å². The molecule has 2 unspecified atom stereocenters. The molecule has 2 aromatic rings. The van der Waals surface area contributed by atoms with Crippen molar-refractivity contribution in [2.75, 3.05) is 18.6 Å². The van der Waals surface area contributed by atoms with E-state index in [1.165, 1.54) is 0 Å². The molecule has 1 aliphatic heterocycles. The number of nitrogens with zero attached hydrogens (tertiary/aromatic N) is 1. The van der Waals surface area contributed by atoms with Crippen molar-refractivity contribution in [2.24, 2.45) is 5.92 Å². The minimum absolute atomic E-state index is 0.00000619. The van der Waals surface area contributed by atoms with Crippen LogP contribution < -0.4 is 19.7 Å². The van der Waals surface area contributed by atoms with Gasteiger partial charge in [-0.2, -0.15) is 0 Å². The molecule has 1 N–H and O–H groups in total. The number of fused-ring (bicyclic) bond motifs is 1. The Labute approximate surface area is 170 Å². The highest BCUT2D eigenvalue weighted by atomic mass is 16.5. The summed E-state index contributed by atoms with van der Waals surface area (Å²) < 4.78 is 10.9. The smallest absolute Gasteiger partial charge is 0.267 e. The number of hydrogen-bond donors (Lipinski definition) is 1. The summed E-state index contributed by atoms with van der Waals surface area (Å²) in [5.41, 5.74) is 1.81. The number of anilines is 1. The Morgan fingerprint density at radius 1 is 1.21 bits per heavy atom. The van der Waals surface area contributed by atoms with Crippen molar-refractivity contribution in [3.63, 3.8) is 0 Å². The molecule has 2 atom stereocenters. The summed E-state index contributed by atoms with van der Waals surface area (Å²) in [6.07, 6.45) is 1.92. The van der Waals surface area contributed by atoms with Gasteiger partial charge in [0.1, 0.15) is 11.5 Å². The van der Waals surface area contributed by atoms with Crippen LogP contribution in [0, 0.1) is 5.92 Å². The molecule has 29 heavy (non-hydrogen) atoms. The average molecular weight is 394 g/mol. The Hall–Kier alpha value is -3.02. The largest absolute Gasteiger partial charge is 0.497 e. The Balaban J connectivity index is 1.42. The number of nitrogens with one attached hydrogen (secondary N) is 1. The van der Waals surface area contributed by atoms with Gasteiger partial charge in [0.15, 0.2) is 6.10 Å². The Bertz CT molecular complexity index is 892. The molecule has 0 aromatic heterocycles. The molecule has 2 amide bonds. The van der Waals surface area contributed by atoms with E-state index in [4.69, 9.17) is 9.47 Å². The van der Waals surface area contributed by atoms with Crippen LogP contribution in [0.15, 0.2) is 48.5 Å². The van der Waals surface area contributed by atoms with Gasteiger partial charge in [-0.25, -0.2) is 0 Å². The summed E-state index contributed by atoms with van der Waals surface area (Å²) in [6, 6.07) is 15.3. The summed E-state index contributed by atoms with van der Waals surface area (Å²) in [7, 11) is 1.64. The molecule has 0 bridgehead atoms.